The Morgan fingerprint density at radius 3 is 2.88 bits per heavy atom. The first-order chi connectivity index (χ1) is 15.6. The minimum atomic E-state index is 0.00492. The highest BCUT2D eigenvalue weighted by molar-refractivity contribution is 7.99. The quantitative estimate of drug-likeness (QED) is 0.327. The second-order valence-corrected chi connectivity index (χ2v) is 10.9. The summed E-state index contributed by atoms with van der Waals surface area (Å²) >= 11 is 4.95. The van der Waals surface area contributed by atoms with Gasteiger partial charge in [0.05, 0.1) is 24.6 Å². The smallest absolute Gasteiger partial charge is 0.233 e. The fourth-order valence-corrected chi connectivity index (χ4v) is 6.68. The van der Waals surface area contributed by atoms with Crippen molar-refractivity contribution in [1.29, 1.82) is 0 Å². The summed E-state index contributed by atoms with van der Waals surface area (Å²) in [5, 5.41) is 13.8. The predicted molar refractivity (Wildman–Crippen MR) is 129 cm³/mol. The topological polar surface area (TPSA) is 64.2 Å². The first-order valence-corrected chi connectivity index (χ1v) is 13.3. The number of carbonyl (C=O) groups excluding carboxylic acids is 1. The molecule has 0 radical (unpaired) electrons. The monoisotopic (exact) mass is 484 g/mol. The van der Waals surface area contributed by atoms with Crippen LogP contribution in [0.15, 0.2) is 56.9 Å². The van der Waals surface area contributed by atoms with E-state index in [0.29, 0.717) is 12.3 Å². The third kappa shape index (κ3) is 4.16. The van der Waals surface area contributed by atoms with E-state index in [1.807, 2.05) is 17.0 Å². The zero-order valence-corrected chi connectivity index (χ0v) is 20.4. The minimum absolute atomic E-state index is 0.00492. The number of furan rings is 1. The number of aromatic nitrogens is 3. The lowest BCUT2D eigenvalue weighted by Crippen LogP contribution is -2.40. The number of hydrogen-bond acceptors (Lipinski definition) is 7. The average Bonchev–Trinajstić information content (AvgIpc) is 3.59. The van der Waals surface area contributed by atoms with Crippen LogP contribution in [0.25, 0.3) is 0 Å². The van der Waals surface area contributed by atoms with Gasteiger partial charge in [0.2, 0.25) is 5.91 Å². The van der Waals surface area contributed by atoms with Crippen LogP contribution < -0.4 is 0 Å². The van der Waals surface area contributed by atoms with Crippen molar-refractivity contribution in [3.05, 3.63) is 74.3 Å². The second kappa shape index (κ2) is 9.25. The molecule has 4 aromatic heterocycles. The number of hydrogen-bond donors (Lipinski definition) is 0. The highest BCUT2D eigenvalue weighted by atomic mass is 32.2. The second-order valence-electron chi connectivity index (χ2n) is 8.00. The van der Waals surface area contributed by atoms with Crippen LogP contribution in [-0.2, 0) is 17.8 Å². The zero-order valence-electron chi connectivity index (χ0n) is 17.9. The average molecular weight is 485 g/mol. The molecule has 0 saturated carbocycles. The molecule has 0 N–H and O–H groups in total. The first kappa shape index (κ1) is 21.5. The molecule has 0 aromatic carbocycles. The molecule has 0 fully saturated rings. The van der Waals surface area contributed by atoms with Gasteiger partial charge in [0, 0.05) is 22.2 Å². The van der Waals surface area contributed by atoms with Crippen LogP contribution >= 0.6 is 34.4 Å². The number of rotatable bonds is 7. The number of fused-ring (bicyclic) bond motifs is 1. The third-order valence-electron chi connectivity index (χ3n) is 5.58. The van der Waals surface area contributed by atoms with E-state index in [4.69, 9.17) is 4.42 Å². The van der Waals surface area contributed by atoms with Crippen molar-refractivity contribution in [3.63, 3.8) is 0 Å². The van der Waals surface area contributed by atoms with Crippen molar-refractivity contribution >= 4 is 40.3 Å². The summed E-state index contributed by atoms with van der Waals surface area (Å²) in [6.45, 7) is 5.50. The van der Waals surface area contributed by atoms with Crippen molar-refractivity contribution < 1.29 is 9.21 Å². The summed E-state index contributed by atoms with van der Waals surface area (Å²) in [6, 6.07) is 10.2. The Kier molecular flexibility index (Phi) is 6.21. The van der Waals surface area contributed by atoms with Gasteiger partial charge in [-0.2, -0.15) is 0 Å². The van der Waals surface area contributed by atoms with Crippen molar-refractivity contribution in [2.24, 2.45) is 0 Å². The van der Waals surface area contributed by atoms with Crippen LogP contribution in [0.5, 0.6) is 0 Å². The number of carbonyl (C=O) groups is 1. The summed E-state index contributed by atoms with van der Waals surface area (Å²) in [5.41, 5.74) is 1.27. The molecule has 32 heavy (non-hydrogen) atoms. The molecular weight excluding hydrogens is 460 g/mol. The molecule has 1 unspecified atom stereocenters. The molecule has 166 valence electrons. The molecule has 4 aromatic rings. The van der Waals surface area contributed by atoms with Crippen LogP contribution in [0.3, 0.4) is 0 Å². The van der Waals surface area contributed by atoms with E-state index in [2.05, 4.69) is 57.6 Å². The van der Waals surface area contributed by atoms with Crippen molar-refractivity contribution in [3.8, 4) is 0 Å². The molecule has 5 rings (SSSR count). The Balaban J connectivity index is 1.36. The third-order valence-corrected chi connectivity index (χ3v) is 8.45. The Bertz CT molecular complexity index is 1180. The van der Waals surface area contributed by atoms with E-state index in [0.717, 1.165) is 29.7 Å². The molecule has 1 amide bonds. The van der Waals surface area contributed by atoms with Crippen molar-refractivity contribution in [2.75, 3.05) is 12.3 Å². The number of thiophene rings is 2. The van der Waals surface area contributed by atoms with Gasteiger partial charge in [-0.25, -0.2) is 0 Å². The lowest BCUT2D eigenvalue weighted by Gasteiger charge is -2.35. The summed E-state index contributed by atoms with van der Waals surface area (Å²) in [4.78, 5) is 18.0. The maximum atomic E-state index is 13.4. The number of thioether (sulfide) groups is 1. The summed E-state index contributed by atoms with van der Waals surface area (Å²) < 4.78 is 7.60. The maximum Gasteiger partial charge on any atom is 0.233 e. The molecule has 1 aliphatic rings. The van der Waals surface area contributed by atoms with Crippen molar-refractivity contribution in [1.82, 2.24) is 19.7 Å². The van der Waals surface area contributed by atoms with Gasteiger partial charge in [-0.1, -0.05) is 31.7 Å². The molecule has 1 aliphatic heterocycles. The van der Waals surface area contributed by atoms with Gasteiger partial charge in [-0.05, 0) is 47.0 Å². The number of amides is 1. The molecule has 0 saturated heterocycles. The van der Waals surface area contributed by atoms with Gasteiger partial charge in [0.1, 0.15) is 11.6 Å². The van der Waals surface area contributed by atoms with Gasteiger partial charge >= 0.3 is 0 Å². The molecule has 0 aliphatic carbocycles. The van der Waals surface area contributed by atoms with E-state index in [1.54, 1.807) is 28.9 Å². The van der Waals surface area contributed by atoms with Gasteiger partial charge in [0.15, 0.2) is 5.16 Å². The van der Waals surface area contributed by atoms with E-state index in [1.165, 1.54) is 27.1 Å². The van der Waals surface area contributed by atoms with Gasteiger partial charge < -0.3 is 9.32 Å². The molecule has 0 spiro atoms. The fraction of sp³-hybridized carbons (Fsp3) is 0.348. The minimum Gasteiger partial charge on any atom is -0.467 e. The van der Waals surface area contributed by atoms with E-state index in [-0.39, 0.29) is 17.9 Å². The van der Waals surface area contributed by atoms with Gasteiger partial charge in [-0.15, -0.1) is 32.9 Å². The van der Waals surface area contributed by atoms with Crippen LogP contribution in [-0.4, -0.2) is 37.9 Å². The van der Waals surface area contributed by atoms with Crippen molar-refractivity contribution in [2.45, 2.75) is 43.9 Å². The predicted octanol–water partition coefficient (Wildman–Crippen LogP) is 5.43. The SMILES string of the molecule is CC(C)c1nnc(SCC(=O)N2CCc3sccc3C2c2cccs2)n1Cc1ccco1. The highest BCUT2D eigenvalue weighted by Gasteiger charge is 2.33. The molecule has 1 atom stereocenters. The fourth-order valence-electron chi connectivity index (χ4n) is 4.09. The summed E-state index contributed by atoms with van der Waals surface area (Å²) in [6.07, 6.45) is 2.59. The van der Waals surface area contributed by atoms with Crippen LogP contribution in [0.1, 0.15) is 52.7 Å². The van der Waals surface area contributed by atoms with Gasteiger partial charge in [0.25, 0.3) is 0 Å². The molecular formula is C23H24N4O2S3. The first-order valence-electron chi connectivity index (χ1n) is 10.6. The Hall–Kier alpha value is -2.36. The molecule has 6 nitrogen and oxygen atoms in total. The van der Waals surface area contributed by atoms with Crippen LogP contribution in [0.2, 0.25) is 0 Å². The lowest BCUT2D eigenvalue weighted by molar-refractivity contribution is -0.130. The maximum absolute atomic E-state index is 13.4. The van der Waals surface area contributed by atoms with E-state index in [9.17, 15) is 4.79 Å². The van der Waals surface area contributed by atoms with E-state index >= 15 is 0 Å². The summed E-state index contributed by atoms with van der Waals surface area (Å²) in [5.74, 6) is 2.43. The molecule has 9 heteroatoms. The van der Waals surface area contributed by atoms with Crippen LogP contribution in [0.4, 0.5) is 0 Å². The zero-order chi connectivity index (χ0) is 22.1. The van der Waals surface area contributed by atoms with E-state index < -0.39 is 0 Å². The highest BCUT2D eigenvalue weighted by Crippen LogP contribution is 2.40. The Morgan fingerprint density at radius 2 is 2.12 bits per heavy atom. The molecule has 5 heterocycles. The normalized spacial score (nSPS) is 16.0. The Labute approximate surface area is 199 Å². The summed E-state index contributed by atoms with van der Waals surface area (Å²) in [7, 11) is 0. The Morgan fingerprint density at radius 1 is 1.22 bits per heavy atom. The largest absolute Gasteiger partial charge is 0.467 e. The van der Waals surface area contributed by atoms with Crippen LogP contribution in [0, 0.1) is 0 Å². The van der Waals surface area contributed by atoms with Gasteiger partial charge in [-0.3, -0.25) is 9.36 Å². The molecule has 0 bridgehead atoms. The standard InChI is InChI=1S/C23H24N4O2S3/c1-15(2)22-24-25-23(27(22)13-16-5-3-10-29-16)32-14-20(28)26-9-7-18-17(8-12-31-18)21(26)19-6-4-11-30-19/h3-6,8,10-12,15,21H,7,9,13-14H2,1-2H3. The lowest BCUT2D eigenvalue weighted by atomic mass is 9.98. The number of nitrogens with zero attached hydrogens (tertiary/aromatic N) is 4.